The van der Waals surface area contributed by atoms with E-state index in [-0.39, 0.29) is 5.76 Å². The van der Waals surface area contributed by atoms with Gasteiger partial charge in [-0.1, -0.05) is 28.1 Å². The van der Waals surface area contributed by atoms with Gasteiger partial charge in [-0.3, -0.25) is 4.57 Å². The van der Waals surface area contributed by atoms with E-state index in [0.29, 0.717) is 18.7 Å². The molecule has 0 aliphatic heterocycles. The van der Waals surface area contributed by atoms with Crippen LogP contribution in [-0.2, 0) is 6.54 Å². The summed E-state index contributed by atoms with van der Waals surface area (Å²) in [4.78, 5) is 11.8. The van der Waals surface area contributed by atoms with Gasteiger partial charge in [0.15, 0.2) is 5.58 Å². The summed E-state index contributed by atoms with van der Waals surface area (Å²) in [5, 5.41) is 0. The van der Waals surface area contributed by atoms with E-state index in [1.165, 1.54) is 0 Å². The van der Waals surface area contributed by atoms with Gasteiger partial charge in [0.25, 0.3) is 0 Å². The van der Waals surface area contributed by atoms with Crippen LogP contribution in [0.25, 0.3) is 11.1 Å². The summed E-state index contributed by atoms with van der Waals surface area (Å²) in [5.74, 6) is 0.502. The lowest BCUT2D eigenvalue weighted by molar-refractivity contribution is 0.300. The first kappa shape index (κ1) is 13.9. The van der Waals surface area contributed by atoms with Gasteiger partial charge in [-0.15, -0.1) is 0 Å². The van der Waals surface area contributed by atoms with Gasteiger partial charge in [0, 0.05) is 11.0 Å². The van der Waals surface area contributed by atoms with Gasteiger partial charge in [-0.05, 0) is 42.8 Å². The van der Waals surface area contributed by atoms with Crippen LogP contribution in [0.15, 0.2) is 62.2 Å². The summed E-state index contributed by atoms with van der Waals surface area (Å²) >= 11 is 3.38. The van der Waals surface area contributed by atoms with Crippen LogP contribution in [0.3, 0.4) is 0 Å². The first-order valence-electron chi connectivity index (χ1n) is 6.71. The van der Waals surface area contributed by atoms with Crippen LogP contribution in [0.2, 0.25) is 0 Å². The minimum absolute atomic E-state index is 0.320. The molecule has 3 aromatic rings. The molecule has 3 rings (SSSR count). The Labute approximate surface area is 130 Å². The summed E-state index contributed by atoms with van der Waals surface area (Å²) in [6, 6.07) is 15.1. The maximum atomic E-state index is 11.8. The molecule has 0 spiro atoms. The van der Waals surface area contributed by atoms with Crippen LogP contribution in [0.1, 0.15) is 6.42 Å². The Morgan fingerprint density at radius 2 is 1.86 bits per heavy atom. The van der Waals surface area contributed by atoms with Crippen molar-refractivity contribution < 1.29 is 9.15 Å². The van der Waals surface area contributed by atoms with Gasteiger partial charge in [0.2, 0.25) is 0 Å². The van der Waals surface area contributed by atoms with E-state index in [4.69, 9.17) is 9.15 Å². The first-order valence-corrected chi connectivity index (χ1v) is 7.50. The van der Waals surface area contributed by atoms with Crippen molar-refractivity contribution in [1.82, 2.24) is 4.57 Å². The Balaban J connectivity index is 1.61. The van der Waals surface area contributed by atoms with Crippen LogP contribution < -0.4 is 10.5 Å². The number of hydrogen-bond donors (Lipinski definition) is 0. The molecule has 1 heterocycles. The first-order chi connectivity index (χ1) is 10.2. The van der Waals surface area contributed by atoms with E-state index < -0.39 is 0 Å². The van der Waals surface area contributed by atoms with Gasteiger partial charge in [-0.25, -0.2) is 4.79 Å². The summed E-state index contributed by atoms with van der Waals surface area (Å²) in [7, 11) is 0. The third-order valence-corrected chi connectivity index (χ3v) is 3.71. The van der Waals surface area contributed by atoms with Crippen molar-refractivity contribution in [2.75, 3.05) is 6.61 Å². The third-order valence-electron chi connectivity index (χ3n) is 3.18. The molecule has 5 heteroatoms. The van der Waals surface area contributed by atoms with E-state index in [1.807, 2.05) is 42.5 Å². The van der Waals surface area contributed by atoms with Gasteiger partial charge < -0.3 is 9.15 Å². The molecule has 0 N–H and O–H groups in total. The number of fused-ring (bicyclic) bond motifs is 1. The van der Waals surface area contributed by atoms with Crippen molar-refractivity contribution in [3.05, 3.63) is 63.6 Å². The fraction of sp³-hybridized carbons (Fsp3) is 0.188. The highest BCUT2D eigenvalue weighted by Crippen LogP contribution is 2.16. The van der Waals surface area contributed by atoms with E-state index in [1.54, 1.807) is 10.6 Å². The number of oxazole rings is 1. The van der Waals surface area contributed by atoms with Crippen LogP contribution in [0, 0.1) is 0 Å². The minimum atomic E-state index is -0.320. The van der Waals surface area contributed by atoms with Crippen molar-refractivity contribution in [1.29, 1.82) is 0 Å². The molecule has 21 heavy (non-hydrogen) atoms. The van der Waals surface area contributed by atoms with Crippen LogP contribution >= 0.6 is 15.9 Å². The van der Waals surface area contributed by atoms with Crippen LogP contribution in [0.5, 0.6) is 5.75 Å². The molecule has 0 atom stereocenters. The molecular weight excluding hydrogens is 334 g/mol. The smallest absolute Gasteiger partial charge is 0.419 e. The predicted octanol–water partition coefficient (Wildman–Crippen LogP) is 3.83. The average molecular weight is 348 g/mol. The molecule has 0 bridgehead atoms. The Hall–Kier alpha value is -2.01. The van der Waals surface area contributed by atoms with Gasteiger partial charge in [-0.2, -0.15) is 0 Å². The van der Waals surface area contributed by atoms with Crippen molar-refractivity contribution >= 4 is 27.0 Å². The lowest BCUT2D eigenvalue weighted by Gasteiger charge is -2.06. The highest BCUT2D eigenvalue weighted by atomic mass is 79.9. The highest BCUT2D eigenvalue weighted by molar-refractivity contribution is 9.10. The number of aromatic nitrogens is 1. The topological polar surface area (TPSA) is 44.4 Å². The molecule has 4 nitrogen and oxygen atoms in total. The number of aryl methyl sites for hydroxylation is 1. The van der Waals surface area contributed by atoms with E-state index in [0.717, 1.165) is 22.2 Å². The number of hydrogen-bond acceptors (Lipinski definition) is 3. The number of halogens is 1. The maximum absolute atomic E-state index is 11.8. The molecule has 0 fully saturated rings. The second-order valence-electron chi connectivity index (χ2n) is 4.64. The molecule has 0 amide bonds. The SMILES string of the molecule is O=c1oc2ccccc2n1CCCOc1ccc(Br)cc1. The quantitative estimate of drug-likeness (QED) is 0.659. The highest BCUT2D eigenvalue weighted by Gasteiger charge is 2.07. The molecule has 0 radical (unpaired) electrons. The normalized spacial score (nSPS) is 10.9. The molecule has 0 saturated carbocycles. The maximum Gasteiger partial charge on any atom is 0.419 e. The lowest BCUT2D eigenvalue weighted by atomic mass is 10.3. The molecule has 0 aliphatic rings. The van der Waals surface area contributed by atoms with Crippen molar-refractivity contribution in [3.8, 4) is 5.75 Å². The fourth-order valence-corrected chi connectivity index (χ4v) is 2.43. The van der Waals surface area contributed by atoms with Gasteiger partial charge in [0.05, 0.1) is 12.1 Å². The van der Waals surface area contributed by atoms with Gasteiger partial charge in [0.1, 0.15) is 5.75 Å². The monoisotopic (exact) mass is 347 g/mol. The number of ether oxygens (including phenoxy) is 1. The summed E-state index contributed by atoms with van der Waals surface area (Å²) < 4.78 is 13.5. The number of nitrogens with zero attached hydrogens (tertiary/aromatic N) is 1. The van der Waals surface area contributed by atoms with Gasteiger partial charge >= 0.3 is 5.76 Å². The second-order valence-corrected chi connectivity index (χ2v) is 5.56. The molecule has 0 aliphatic carbocycles. The van der Waals surface area contributed by atoms with Crippen molar-refractivity contribution in [2.45, 2.75) is 13.0 Å². The van der Waals surface area contributed by atoms with E-state index in [2.05, 4.69) is 15.9 Å². The van der Waals surface area contributed by atoms with Crippen molar-refractivity contribution in [3.63, 3.8) is 0 Å². The summed E-state index contributed by atoms with van der Waals surface area (Å²) in [6.45, 7) is 1.12. The van der Waals surface area contributed by atoms with Crippen molar-refractivity contribution in [2.24, 2.45) is 0 Å². The third kappa shape index (κ3) is 3.19. The molecule has 2 aromatic carbocycles. The lowest BCUT2D eigenvalue weighted by Crippen LogP contribution is -2.15. The Kier molecular flexibility index (Phi) is 4.10. The number of para-hydroxylation sites is 2. The molecule has 0 saturated heterocycles. The predicted molar refractivity (Wildman–Crippen MR) is 84.7 cm³/mol. The minimum Gasteiger partial charge on any atom is -0.494 e. The fourth-order valence-electron chi connectivity index (χ4n) is 2.17. The zero-order valence-corrected chi connectivity index (χ0v) is 12.9. The molecule has 108 valence electrons. The van der Waals surface area contributed by atoms with Crippen LogP contribution in [-0.4, -0.2) is 11.2 Å². The second kappa shape index (κ2) is 6.18. The summed E-state index contributed by atoms with van der Waals surface area (Å²) in [6.07, 6.45) is 0.736. The largest absolute Gasteiger partial charge is 0.494 e. The zero-order chi connectivity index (χ0) is 14.7. The van der Waals surface area contributed by atoms with E-state index in [9.17, 15) is 4.79 Å². The van der Waals surface area contributed by atoms with E-state index >= 15 is 0 Å². The van der Waals surface area contributed by atoms with Crippen LogP contribution in [0.4, 0.5) is 0 Å². The standard InChI is InChI=1S/C16H14BrNO3/c17-12-6-8-13(9-7-12)20-11-3-10-18-14-4-1-2-5-15(14)21-16(18)19/h1-2,4-9H,3,10-11H2. The molecular formula is C16H14BrNO3. The number of rotatable bonds is 5. The Bertz CT molecular complexity index is 789. The Morgan fingerprint density at radius 1 is 1.10 bits per heavy atom. The Morgan fingerprint density at radius 3 is 2.67 bits per heavy atom. The zero-order valence-electron chi connectivity index (χ0n) is 11.3. The molecule has 1 aromatic heterocycles. The summed E-state index contributed by atoms with van der Waals surface area (Å²) in [5.41, 5.74) is 1.45. The molecule has 0 unspecified atom stereocenters. The number of benzene rings is 2. The average Bonchev–Trinajstić information content (AvgIpc) is 2.81.